The Bertz CT molecular complexity index is 993. The summed E-state index contributed by atoms with van der Waals surface area (Å²) in [5.41, 5.74) is 0.0857. The normalized spacial score (nSPS) is 29.0. The van der Waals surface area contributed by atoms with Crippen LogP contribution in [0.4, 0.5) is 0 Å². The monoisotopic (exact) mass is 438 g/mol. The average Bonchev–Trinajstić information content (AvgIpc) is 3.29. The SMILES string of the molecule is Cc1oc(=O)oc1COC(=O)C1=C(SC2CCNC2=O)[C@H](C)[C@@H]2[C@@H]([C@@H](C)O)C(=O)N12. The number of carbonyl (C=O) groups is 3. The minimum absolute atomic E-state index is 0.0812. The first kappa shape index (κ1) is 20.7. The van der Waals surface area contributed by atoms with Crippen LogP contribution in [0.3, 0.4) is 0 Å². The second-order valence-corrected chi connectivity index (χ2v) is 8.91. The molecule has 162 valence electrons. The molecule has 0 aliphatic carbocycles. The lowest BCUT2D eigenvalue weighted by atomic mass is 9.79. The van der Waals surface area contributed by atoms with E-state index in [9.17, 15) is 24.3 Å². The van der Waals surface area contributed by atoms with Gasteiger partial charge in [0.05, 0.1) is 23.3 Å². The van der Waals surface area contributed by atoms with Gasteiger partial charge in [-0.15, -0.1) is 11.8 Å². The number of rotatable bonds is 6. The third kappa shape index (κ3) is 3.25. The zero-order valence-corrected chi connectivity index (χ0v) is 17.5. The summed E-state index contributed by atoms with van der Waals surface area (Å²) in [6.07, 6.45) is -0.250. The molecule has 3 aliphatic heterocycles. The predicted molar refractivity (Wildman–Crippen MR) is 103 cm³/mol. The molecule has 2 fully saturated rings. The van der Waals surface area contributed by atoms with Crippen molar-refractivity contribution in [2.45, 2.75) is 51.2 Å². The molecule has 1 aromatic heterocycles. The maximum atomic E-state index is 13.0. The number of hydrogen-bond donors (Lipinski definition) is 2. The molecule has 2 saturated heterocycles. The third-order valence-electron chi connectivity index (χ3n) is 5.74. The molecule has 0 aromatic carbocycles. The molecule has 3 aliphatic rings. The van der Waals surface area contributed by atoms with Crippen LogP contribution in [0.2, 0.25) is 0 Å². The first-order valence-corrected chi connectivity index (χ1v) is 10.5. The van der Waals surface area contributed by atoms with Crippen molar-refractivity contribution in [1.29, 1.82) is 0 Å². The molecule has 1 unspecified atom stereocenters. The molecule has 2 amide bonds. The lowest BCUT2D eigenvalue weighted by Gasteiger charge is -2.46. The van der Waals surface area contributed by atoms with Crippen molar-refractivity contribution in [3.8, 4) is 0 Å². The van der Waals surface area contributed by atoms with Gasteiger partial charge in [-0.2, -0.15) is 0 Å². The number of thioether (sulfide) groups is 1. The number of amides is 2. The number of aryl methyl sites for hydroxylation is 1. The highest BCUT2D eigenvalue weighted by Gasteiger charge is 2.60. The Hall–Kier alpha value is -2.53. The number of esters is 1. The van der Waals surface area contributed by atoms with Crippen LogP contribution in [0.15, 0.2) is 24.2 Å². The predicted octanol–water partition coefficient (Wildman–Crippen LogP) is 0.275. The molecule has 5 atom stereocenters. The second-order valence-electron chi connectivity index (χ2n) is 7.66. The first-order chi connectivity index (χ1) is 14.2. The number of fused-ring (bicyclic) bond motifs is 1. The van der Waals surface area contributed by atoms with Gasteiger partial charge < -0.3 is 28.9 Å². The third-order valence-corrected chi connectivity index (χ3v) is 7.29. The van der Waals surface area contributed by atoms with Crippen LogP contribution in [0.1, 0.15) is 31.8 Å². The van der Waals surface area contributed by atoms with E-state index in [-0.39, 0.29) is 52.8 Å². The quantitative estimate of drug-likeness (QED) is 0.473. The number of aliphatic hydroxyl groups excluding tert-OH is 1. The summed E-state index contributed by atoms with van der Waals surface area (Å²) in [5, 5.41) is 12.4. The lowest BCUT2D eigenvalue weighted by Crippen LogP contribution is -2.63. The van der Waals surface area contributed by atoms with Crippen LogP contribution in [0.25, 0.3) is 0 Å². The van der Waals surface area contributed by atoms with Gasteiger partial charge in [-0.25, -0.2) is 9.59 Å². The number of ether oxygens (including phenoxy) is 1. The van der Waals surface area contributed by atoms with Crippen molar-refractivity contribution < 1.29 is 33.1 Å². The molecular formula is C19H22N2O8S. The highest BCUT2D eigenvalue weighted by atomic mass is 32.2. The minimum Gasteiger partial charge on any atom is -0.453 e. The van der Waals surface area contributed by atoms with Crippen molar-refractivity contribution in [2.24, 2.45) is 11.8 Å². The number of aliphatic hydroxyl groups is 1. The van der Waals surface area contributed by atoms with Gasteiger partial charge in [0.15, 0.2) is 18.1 Å². The fourth-order valence-corrected chi connectivity index (χ4v) is 5.59. The molecule has 0 bridgehead atoms. The second kappa shape index (κ2) is 7.62. The topological polar surface area (TPSA) is 139 Å². The molecule has 1 aromatic rings. The zero-order valence-electron chi connectivity index (χ0n) is 16.7. The van der Waals surface area contributed by atoms with E-state index in [1.807, 2.05) is 6.92 Å². The van der Waals surface area contributed by atoms with Gasteiger partial charge in [-0.3, -0.25) is 9.59 Å². The average molecular weight is 438 g/mol. The molecule has 30 heavy (non-hydrogen) atoms. The van der Waals surface area contributed by atoms with Crippen molar-refractivity contribution in [3.05, 3.63) is 32.7 Å². The molecule has 11 heteroatoms. The Morgan fingerprint density at radius 2 is 2.10 bits per heavy atom. The van der Waals surface area contributed by atoms with E-state index in [4.69, 9.17) is 13.6 Å². The number of nitrogens with one attached hydrogen (secondary N) is 1. The fraction of sp³-hybridized carbons (Fsp3) is 0.579. The maximum absolute atomic E-state index is 13.0. The minimum atomic E-state index is -0.895. The summed E-state index contributed by atoms with van der Waals surface area (Å²) in [6, 6.07) is -0.374. The smallest absolute Gasteiger partial charge is 0.453 e. The Kier molecular flexibility index (Phi) is 5.27. The molecule has 4 heterocycles. The van der Waals surface area contributed by atoms with Gasteiger partial charge in [-0.1, -0.05) is 6.92 Å². The van der Waals surface area contributed by atoms with E-state index >= 15 is 0 Å². The van der Waals surface area contributed by atoms with E-state index in [0.717, 1.165) is 0 Å². The van der Waals surface area contributed by atoms with Gasteiger partial charge in [0, 0.05) is 17.4 Å². The summed E-state index contributed by atoms with van der Waals surface area (Å²) >= 11 is 1.26. The Morgan fingerprint density at radius 3 is 2.67 bits per heavy atom. The van der Waals surface area contributed by atoms with Gasteiger partial charge in [0.25, 0.3) is 0 Å². The molecule has 0 saturated carbocycles. The summed E-state index contributed by atoms with van der Waals surface area (Å²) < 4.78 is 14.9. The maximum Gasteiger partial charge on any atom is 0.519 e. The van der Waals surface area contributed by atoms with Crippen LogP contribution in [-0.2, 0) is 25.7 Å². The van der Waals surface area contributed by atoms with E-state index in [0.29, 0.717) is 17.9 Å². The summed E-state index contributed by atoms with van der Waals surface area (Å²) in [5.74, 6) is -2.70. The van der Waals surface area contributed by atoms with Crippen molar-refractivity contribution in [3.63, 3.8) is 0 Å². The highest BCUT2D eigenvalue weighted by molar-refractivity contribution is 8.04. The van der Waals surface area contributed by atoms with Crippen molar-refractivity contribution >= 4 is 29.5 Å². The number of nitrogens with zero attached hydrogens (tertiary/aromatic N) is 1. The van der Waals surface area contributed by atoms with Crippen LogP contribution in [0, 0.1) is 18.8 Å². The Balaban J connectivity index is 1.61. The van der Waals surface area contributed by atoms with Gasteiger partial charge >= 0.3 is 11.8 Å². The van der Waals surface area contributed by atoms with Crippen molar-refractivity contribution in [2.75, 3.05) is 6.54 Å². The van der Waals surface area contributed by atoms with E-state index in [1.54, 1.807) is 6.92 Å². The van der Waals surface area contributed by atoms with E-state index in [2.05, 4.69) is 5.32 Å². The van der Waals surface area contributed by atoms with Gasteiger partial charge in [0.2, 0.25) is 11.8 Å². The van der Waals surface area contributed by atoms with E-state index < -0.39 is 23.8 Å². The Morgan fingerprint density at radius 1 is 1.37 bits per heavy atom. The standard InChI is InChI=1S/C19H22N2O8S/c1-7-13-12(8(2)22)17(24)21(13)14(15(7)30-11-4-5-20-16(11)23)18(25)27-6-10-9(3)28-19(26)29-10/h7-8,11-13,22H,4-6H2,1-3H3,(H,20,23)/t7-,8-,11?,12-,13-/m1/s1. The molecule has 10 nitrogen and oxygen atoms in total. The molecule has 0 spiro atoms. The Labute approximate surface area is 175 Å². The van der Waals surface area contributed by atoms with Crippen LogP contribution in [-0.4, -0.2) is 51.7 Å². The largest absolute Gasteiger partial charge is 0.519 e. The summed E-state index contributed by atoms with van der Waals surface area (Å²) in [7, 11) is 0. The molecule has 2 N–H and O–H groups in total. The molecular weight excluding hydrogens is 416 g/mol. The highest BCUT2D eigenvalue weighted by Crippen LogP contribution is 2.52. The van der Waals surface area contributed by atoms with Crippen LogP contribution < -0.4 is 11.1 Å². The van der Waals surface area contributed by atoms with Gasteiger partial charge in [0.1, 0.15) is 5.70 Å². The summed E-state index contributed by atoms with van der Waals surface area (Å²) in [6.45, 7) is 5.15. The van der Waals surface area contributed by atoms with Gasteiger partial charge in [-0.05, 0) is 20.3 Å². The van der Waals surface area contributed by atoms with E-state index in [1.165, 1.54) is 23.6 Å². The number of carbonyl (C=O) groups excluding carboxylic acids is 3. The number of hydrogen-bond acceptors (Lipinski definition) is 9. The zero-order chi connectivity index (χ0) is 21.7. The molecule has 4 rings (SSSR count). The van der Waals surface area contributed by atoms with Crippen LogP contribution >= 0.6 is 11.8 Å². The lowest BCUT2D eigenvalue weighted by molar-refractivity contribution is -0.164. The van der Waals surface area contributed by atoms with Crippen molar-refractivity contribution in [1.82, 2.24) is 10.2 Å². The number of β-lactam (4-membered cyclic amide) rings is 1. The summed E-state index contributed by atoms with van der Waals surface area (Å²) in [4.78, 5) is 50.8. The fourth-order valence-electron chi connectivity index (χ4n) is 4.21. The van der Waals surface area contributed by atoms with Crippen LogP contribution in [0.5, 0.6) is 0 Å². The molecule has 0 radical (unpaired) electrons. The first-order valence-electron chi connectivity index (χ1n) is 9.67.